The number of halogens is 1. The summed E-state index contributed by atoms with van der Waals surface area (Å²) in [6.07, 6.45) is 0. The first-order chi connectivity index (χ1) is 13.7. The number of ether oxygens (including phenoxy) is 2. The lowest BCUT2D eigenvalue weighted by molar-refractivity contribution is 0.101. The van der Waals surface area contributed by atoms with Crippen LogP contribution in [0, 0.1) is 0 Å². The normalized spacial score (nSPS) is 14.1. The number of anilines is 2. The van der Waals surface area contributed by atoms with Crippen LogP contribution in [0.3, 0.4) is 0 Å². The molecule has 7 nitrogen and oxygen atoms in total. The van der Waals surface area contributed by atoms with Crippen molar-refractivity contribution in [3.63, 3.8) is 0 Å². The van der Waals surface area contributed by atoms with Crippen molar-refractivity contribution in [2.24, 2.45) is 0 Å². The molecule has 0 saturated carbocycles. The zero-order valence-corrected chi connectivity index (χ0v) is 16.1. The Bertz CT molecular complexity index is 1020. The maximum absolute atomic E-state index is 13.1. The lowest BCUT2D eigenvalue weighted by Crippen LogP contribution is -2.38. The third kappa shape index (κ3) is 3.72. The Hall–Kier alpha value is -2.90. The van der Waals surface area contributed by atoms with Crippen LogP contribution < -0.4 is 15.0 Å². The molecular weight excluding hydrogens is 380 g/mol. The van der Waals surface area contributed by atoms with Crippen LogP contribution >= 0.6 is 11.6 Å². The molecule has 4 rings (SSSR count). The van der Waals surface area contributed by atoms with Crippen LogP contribution in [0.25, 0.3) is 11.0 Å². The monoisotopic (exact) mass is 398 g/mol. The number of methoxy groups -OCH3 is 1. The summed E-state index contributed by atoms with van der Waals surface area (Å²) in [4.78, 5) is 24.5. The minimum atomic E-state index is -0.375. The van der Waals surface area contributed by atoms with Gasteiger partial charge in [0.1, 0.15) is 5.75 Å². The average molecular weight is 399 g/mol. The summed E-state index contributed by atoms with van der Waals surface area (Å²) in [6.45, 7) is 2.46. The van der Waals surface area contributed by atoms with Crippen LogP contribution in [0.4, 0.5) is 11.5 Å². The predicted molar refractivity (Wildman–Crippen MR) is 109 cm³/mol. The molecule has 1 aliphatic rings. The first kappa shape index (κ1) is 18.5. The topological polar surface area (TPSA) is 76.6 Å². The summed E-state index contributed by atoms with van der Waals surface area (Å²) in [5.41, 5.74) is 2.12. The van der Waals surface area contributed by atoms with Crippen LogP contribution in [-0.2, 0) is 4.74 Å². The van der Waals surface area contributed by atoms with Gasteiger partial charge in [0.15, 0.2) is 11.5 Å². The fraction of sp³-hybridized carbons (Fsp3) is 0.250. The summed E-state index contributed by atoms with van der Waals surface area (Å²) < 4.78 is 10.7. The Morgan fingerprint density at radius 3 is 2.57 bits per heavy atom. The Kier molecular flexibility index (Phi) is 5.27. The summed E-state index contributed by atoms with van der Waals surface area (Å²) in [7, 11) is 1.54. The van der Waals surface area contributed by atoms with E-state index in [9.17, 15) is 4.79 Å². The van der Waals surface area contributed by atoms with E-state index >= 15 is 0 Å². The molecule has 0 spiro atoms. The standard InChI is InChI=1S/C20H19ClN4O3/c1-27-17-7-6-13(21)12-16(17)24-20(26)18-19(25-8-10-28-11-9-25)23-15-5-3-2-4-14(15)22-18/h2-7,12H,8-11H2,1H3,(H,24,26). The highest BCUT2D eigenvalue weighted by Gasteiger charge is 2.23. The molecule has 1 fully saturated rings. The largest absolute Gasteiger partial charge is 0.495 e. The first-order valence-corrected chi connectivity index (χ1v) is 9.28. The Labute approximate surface area is 167 Å². The van der Waals surface area contributed by atoms with Crippen LogP contribution in [0.2, 0.25) is 5.02 Å². The van der Waals surface area contributed by atoms with Gasteiger partial charge >= 0.3 is 0 Å². The van der Waals surface area contributed by atoms with Gasteiger partial charge in [0, 0.05) is 18.1 Å². The van der Waals surface area contributed by atoms with Gasteiger partial charge in [-0.3, -0.25) is 4.79 Å². The number of nitrogens with zero attached hydrogens (tertiary/aromatic N) is 3. The quantitative estimate of drug-likeness (QED) is 0.726. The van der Waals surface area contributed by atoms with Gasteiger partial charge < -0.3 is 19.7 Å². The summed E-state index contributed by atoms with van der Waals surface area (Å²) >= 11 is 6.08. The van der Waals surface area contributed by atoms with Gasteiger partial charge in [0.05, 0.1) is 37.0 Å². The van der Waals surface area contributed by atoms with E-state index in [4.69, 9.17) is 26.1 Å². The van der Waals surface area contributed by atoms with Crippen molar-refractivity contribution in [2.45, 2.75) is 0 Å². The van der Waals surface area contributed by atoms with Gasteiger partial charge in [-0.15, -0.1) is 0 Å². The maximum Gasteiger partial charge on any atom is 0.278 e. The Morgan fingerprint density at radius 1 is 1.14 bits per heavy atom. The molecule has 144 valence electrons. The fourth-order valence-corrected chi connectivity index (χ4v) is 3.27. The van der Waals surface area contributed by atoms with E-state index in [1.54, 1.807) is 18.2 Å². The minimum Gasteiger partial charge on any atom is -0.495 e. The third-order valence-electron chi connectivity index (χ3n) is 4.49. The number of hydrogen-bond acceptors (Lipinski definition) is 6. The van der Waals surface area contributed by atoms with E-state index in [1.165, 1.54) is 7.11 Å². The fourth-order valence-electron chi connectivity index (χ4n) is 3.10. The van der Waals surface area contributed by atoms with Gasteiger partial charge in [0.25, 0.3) is 5.91 Å². The molecular formula is C20H19ClN4O3. The predicted octanol–water partition coefficient (Wildman–Crippen LogP) is 3.38. The maximum atomic E-state index is 13.1. The van der Waals surface area contributed by atoms with Crippen molar-refractivity contribution in [1.29, 1.82) is 0 Å². The highest BCUT2D eigenvalue weighted by molar-refractivity contribution is 6.31. The third-order valence-corrected chi connectivity index (χ3v) is 4.72. The van der Waals surface area contributed by atoms with Gasteiger partial charge in [-0.25, -0.2) is 9.97 Å². The number of fused-ring (bicyclic) bond motifs is 1. The smallest absolute Gasteiger partial charge is 0.278 e. The van der Waals surface area contributed by atoms with Crippen LogP contribution in [-0.4, -0.2) is 49.3 Å². The summed E-state index contributed by atoms with van der Waals surface area (Å²) in [5.74, 6) is 0.681. The van der Waals surface area contributed by atoms with Gasteiger partial charge in [-0.2, -0.15) is 0 Å². The molecule has 2 aromatic carbocycles. The molecule has 1 aliphatic heterocycles. The highest BCUT2D eigenvalue weighted by Crippen LogP contribution is 2.29. The summed E-state index contributed by atoms with van der Waals surface area (Å²) in [5, 5.41) is 3.35. The van der Waals surface area contributed by atoms with E-state index in [2.05, 4.69) is 10.3 Å². The number of aromatic nitrogens is 2. The molecule has 0 atom stereocenters. The number of amides is 1. The molecule has 1 N–H and O–H groups in total. The van der Waals surface area contributed by atoms with Crippen molar-refractivity contribution >= 4 is 40.0 Å². The van der Waals surface area contributed by atoms with Crippen molar-refractivity contribution in [2.75, 3.05) is 43.6 Å². The second-order valence-electron chi connectivity index (χ2n) is 6.28. The number of hydrogen-bond donors (Lipinski definition) is 1. The van der Waals surface area contributed by atoms with Crippen LogP contribution in [0.5, 0.6) is 5.75 Å². The lowest BCUT2D eigenvalue weighted by Gasteiger charge is -2.29. The number of carbonyl (C=O) groups is 1. The number of morpholine rings is 1. The zero-order valence-electron chi connectivity index (χ0n) is 15.3. The molecule has 3 aromatic rings. The molecule has 0 radical (unpaired) electrons. The second kappa shape index (κ2) is 8.00. The van der Waals surface area contributed by atoms with Crippen molar-refractivity contribution in [3.05, 3.63) is 53.2 Å². The van der Waals surface area contributed by atoms with Gasteiger partial charge in [0.2, 0.25) is 0 Å². The number of rotatable bonds is 4. The molecule has 8 heteroatoms. The molecule has 28 heavy (non-hydrogen) atoms. The van der Waals surface area contributed by atoms with Gasteiger partial charge in [-0.1, -0.05) is 23.7 Å². The van der Waals surface area contributed by atoms with Crippen molar-refractivity contribution < 1.29 is 14.3 Å². The second-order valence-corrected chi connectivity index (χ2v) is 6.72. The van der Waals surface area contributed by atoms with Crippen molar-refractivity contribution in [1.82, 2.24) is 9.97 Å². The van der Waals surface area contributed by atoms with Crippen molar-refractivity contribution in [3.8, 4) is 5.75 Å². The first-order valence-electron chi connectivity index (χ1n) is 8.90. The van der Waals surface area contributed by atoms with E-state index in [0.29, 0.717) is 54.1 Å². The Morgan fingerprint density at radius 2 is 1.86 bits per heavy atom. The highest BCUT2D eigenvalue weighted by atomic mass is 35.5. The number of nitrogens with one attached hydrogen (secondary N) is 1. The summed E-state index contributed by atoms with van der Waals surface area (Å²) in [6, 6.07) is 12.5. The van der Waals surface area contributed by atoms with E-state index in [-0.39, 0.29) is 11.6 Å². The molecule has 1 aromatic heterocycles. The lowest BCUT2D eigenvalue weighted by atomic mass is 10.2. The Balaban J connectivity index is 1.75. The molecule has 1 amide bonds. The average Bonchev–Trinajstić information content (AvgIpc) is 2.73. The number of para-hydroxylation sites is 2. The van der Waals surface area contributed by atoms with E-state index < -0.39 is 0 Å². The minimum absolute atomic E-state index is 0.252. The SMILES string of the molecule is COc1ccc(Cl)cc1NC(=O)c1nc2ccccc2nc1N1CCOCC1. The molecule has 0 unspecified atom stereocenters. The zero-order chi connectivity index (χ0) is 19.5. The molecule has 0 bridgehead atoms. The molecule has 2 heterocycles. The molecule has 0 aliphatic carbocycles. The van der Waals surface area contributed by atoms with E-state index in [0.717, 1.165) is 5.52 Å². The molecule has 1 saturated heterocycles. The van der Waals surface area contributed by atoms with Crippen LogP contribution in [0.15, 0.2) is 42.5 Å². The number of benzene rings is 2. The number of carbonyl (C=O) groups excluding carboxylic acids is 1. The van der Waals surface area contributed by atoms with Gasteiger partial charge in [-0.05, 0) is 30.3 Å². The van der Waals surface area contributed by atoms with Crippen LogP contribution in [0.1, 0.15) is 10.5 Å². The van der Waals surface area contributed by atoms with E-state index in [1.807, 2.05) is 29.2 Å².